The first-order chi connectivity index (χ1) is 10.2. The van der Waals surface area contributed by atoms with Crippen LogP contribution in [0.1, 0.15) is 35.8 Å². The highest BCUT2D eigenvalue weighted by molar-refractivity contribution is 5.30. The third-order valence-electron chi connectivity index (χ3n) is 3.63. The van der Waals surface area contributed by atoms with E-state index in [0.717, 1.165) is 11.1 Å². The second-order valence-corrected chi connectivity index (χ2v) is 5.06. The molecule has 2 atom stereocenters. The minimum atomic E-state index is -0.179. The number of hydrogen-bond acceptors (Lipinski definition) is 2. The van der Waals surface area contributed by atoms with E-state index in [2.05, 4.69) is 17.4 Å². The van der Waals surface area contributed by atoms with Crippen LogP contribution < -0.4 is 5.32 Å². The number of ether oxygens (including phenoxy) is 1. The first kappa shape index (κ1) is 15.7. The number of aryl methyl sites for hydroxylation is 1. The van der Waals surface area contributed by atoms with Crippen LogP contribution in [0.15, 0.2) is 48.5 Å². The van der Waals surface area contributed by atoms with Gasteiger partial charge < -0.3 is 10.1 Å². The van der Waals surface area contributed by atoms with E-state index in [4.69, 9.17) is 4.74 Å². The lowest BCUT2D eigenvalue weighted by Crippen LogP contribution is -2.26. The molecule has 1 N–H and O–H groups in total. The summed E-state index contributed by atoms with van der Waals surface area (Å²) in [5.41, 5.74) is 2.79. The molecule has 0 aromatic heterocycles. The molecule has 0 heterocycles. The van der Waals surface area contributed by atoms with Crippen molar-refractivity contribution in [2.45, 2.75) is 26.0 Å². The fourth-order valence-corrected chi connectivity index (χ4v) is 2.56. The Morgan fingerprint density at radius 1 is 1.10 bits per heavy atom. The molecule has 0 aliphatic carbocycles. The molecule has 2 rings (SSSR count). The van der Waals surface area contributed by atoms with Crippen LogP contribution in [0.2, 0.25) is 0 Å². The molecule has 0 spiro atoms. The monoisotopic (exact) mass is 287 g/mol. The number of nitrogens with one attached hydrogen (secondary N) is 1. The Bertz CT molecular complexity index is 571. The maximum absolute atomic E-state index is 13.5. The van der Waals surface area contributed by atoms with E-state index in [1.807, 2.05) is 44.3 Å². The van der Waals surface area contributed by atoms with Crippen LogP contribution in [0.4, 0.5) is 4.39 Å². The minimum absolute atomic E-state index is 0.0216. The van der Waals surface area contributed by atoms with Gasteiger partial charge in [0.1, 0.15) is 11.9 Å². The van der Waals surface area contributed by atoms with Gasteiger partial charge in [0.05, 0.1) is 6.04 Å². The van der Waals surface area contributed by atoms with Crippen molar-refractivity contribution in [2.24, 2.45) is 0 Å². The lowest BCUT2D eigenvalue weighted by atomic mass is 9.94. The van der Waals surface area contributed by atoms with Gasteiger partial charge in [-0.3, -0.25) is 0 Å². The first-order valence-electron chi connectivity index (χ1n) is 7.27. The van der Waals surface area contributed by atoms with E-state index in [9.17, 15) is 4.39 Å². The summed E-state index contributed by atoms with van der Waals surface area (Å²) in [4.78, 5) is 0. The average molecular weight is 287 g/mol. The van der Waals surface area contributed by atoms with Gasteiger partial charge in [-0.2, -0.15) is 0 Å². The van der Waals surface area contributed by atoms with Crippen molar-refractivity contribution in [3.63, 3.8) is 0 Å². The maximum atomic E-state index is 13.5. The molecule has 2 nitrogen and oxygen atoms in total. The van der Waals surface area contributed by atoms with Gasteiger partial charge in [-0.1, -0.05) is 42.5 Å². The molecule has 2 aromatic rings. The highest BCUT2D eigenvalue weighted by Gasteiger charge is 2.24. The number of hydrogen-bond donors (Lipinski definition) is 1. The molecule has 112 valence electrons. The van der Waals surface area contributed by atoms with E-state index in [1.54, 1.807) is 6.92 Å². The Kier molecular flexibility index (Phi) is 5.48. The molecule has 0 fully saturated rings. The molecular formula is C18H22FNO. The zero-order valence-electron chi connectivity index (χ0n) is 12.8. The summed E-state index contributed by atoms with van der Waals surface area (Å²) in [5, 5.41) is 3.30. The molecule has 0 saturated carbocycles. The van der Waals surface area contributed by atoms with Crippen molar-refractivity contribution >= 4 is 0 Å². The quantitative estimate of drug-likeness (QED) is 0.861. The van der Waals surface area contributed by atoms with E-state index < -0.39 is 0 Å². The number of rotatable bonds is 6. The summed E-state index contributed by atoms with van der Waals surface area (Å²) in [6.07, 6.45) is -0.105. The van der Waals surface area contributed by atoms with Crippen molar-refractivity contribution < 1.29 is 9.13 Å². The summed E-state index contributed by atoms with van der Waals surface area (Å²) in [7, 11) is 1.90. The molecule has 0 aliphatic rings. The van der Waals surface area contributed by atoms with Crippen LogP contribution in [-0.4, -0.2) is 13.7 Å². The van der Waals surface area contributed by atoms with Crippen LogP contribution in [0.3, 0.4) is 0 Å². The van der Waals surface area contributed by atoms with Crippen molar-refractivity contribution in [3.8, 4) is 0 Å². The van der Waals surface area contributed by atoms with Crippen LogP contribution in [0.25, 0.3) is 0 Å². The number of benzene rings is 2. The van der Waals surface area contributed by atoms with Crippen LogP contribution >= 0.6 is 0 Å². The summed E-state index contributed by atoms with van der Waals surface area (Å²) in [6.45, 7) is 4.39. The third-order valence-corrected chi connectivity index (χ3v) is 3.63. The number of likely N-dealkylation sites (N-methyl/N-ethyl adjacent to an activating group) is 1. The average Bonchev–Trinajstić information content (AvgIpc) is 2.51. The molecular weight excluding hydrogens is 265 g/mol. The number of halogens is 1. The van der Waals surface area contributed by atoms with Gasteiger partial charge in [-0.15, -0.1) is 0 Å². The lowest BCUT2D eigenvalue weighted by Gasteiger charge is -2.28. The standard InChI is InChI=1S/C18H22FNO/c1-4-21-18(14-8-6-5-7-9-14)17(20-3)15-10-11-16(19)13(2)12-15/h5-12,17-18,20H,4H2,1-3H3. The van der Waals surface area contributed by atoms with E-state index in [-0.39, 0.29) is 18.0 Å². The Labute approximate surface area is 126 Å². The highest BCUT2D eigenvalue weighted by Crippen LogP contribution is 2.32. The van der Waals surface area contributed by atoms with E-state index in [0.29, 0.717) is 12.2 Å². The van der Waals surface area contributed by atoms with Crippen molar-refractivity contribution in [1.29, 1.82) is 0 Å². The van der Waals surface area contributed by atoms with E-state index in [1.165, 1.54) is 6.07 Å². The summed E-state index contributed by atoms with van der Waals surface area (Å²) >= 11 is 0. The Morgan fingerprint density at radius 2 is 1.81 bits per heavy atom. The fraction of sp³-hybridized carbons (Fsp3) is 0.333. The van der Waals surface area contributed by atoms with Crippen LogP contribution in [-0.2, 0) is 4.74 Å². The van der Waals surface area contributed by atoms with Gasteiger partial charge in [0.2, 0.25) is 0 Å². The molecule has 0 amide bonds. The minimum Gasteiger partial charge on any atom is -0.372 e. The molecule has 0 radical (unpaired) electrons. The zero-order valence-corrected chi connectivity index (χ0v) is 12.8. The van der Waals surface area contributed by atoms with Crippen LogP contribution in [0, 0.1) is 12.7 Å². The molecule has 2 aromatic carbocycles. The predicted molar refractivity (Wildman–Crippen MR) is 83.7 cm³/mol. The molecule has 0 bridgehead atoms. The van der Waals surface area contributed by atoms with Gasteiger partial charge in [-0.05, 0) is 43.7 Å². The topological polar surface area (TPSA) is 21.3 Å². The smallest absolute Gasteiger partial charge is 0.126 e. The predicted octanol–water partition coefficient (Wildman–Crippen LogP) is 4.17. The van der Waals surface area contributed by atoms with E-state index >= 15 is 0 Å². The van der Waals surface area contributed by atoms with Crippen LogP contribution in [0.5, 0.6) is 0 Å². The summed E-state index contributed by atoms with van der Waals surface area (Å²) in [5.74, 6) is -0.179. The molecule has 0 saturated heterocycles. The van der Waals surface area contributed by atoms with Crippen molar-refractivity contribution in [2.75, 3.05) is 13.7 Å². The van der Waals surface area contributed by atoms with Gasteiger partial charge >= 0.3 is 0 Å². The third kappa shape index (κ3) is 3.69. The molecule has 21 heavy (non-hydrogen) atoms. The van der Waals surface area contributed by atoms with Gasteiger partial charge in [-0.25, -0.2) is 4.39 Å². The molecule has 2 unspecified atom stereocenters. The second-order valence-electron chi connectivity index (χ2n) is 5.06. The normalized spacial score (nSPS) is 13.9. The first-order valence-corrected chi connectivity index (χ1v) is 7.27. The largest absolute Gasteiger partial charge is 0.372 e. The van der Waals surface area contributed by atoms with Gasteiger partial charge in [0.25, 0.3) is 0 Å². The highest BCUT2D eigenvalue weighted by atomic mass is 19.1. The van der Waals surface area contributed by atoms with Crippen molar-refractivity contribution in [1.82, 2.24) is 5.32 Å². The summed E-state index contributed by atoms with van der Waals surface area (Å²) in [6, 6.07) is 15.3. The van der Waals surface area contributed by atoms with Crippen molar-refractivity contribution in [3.05, 3.63) is 71.0 Å². The fourth-order valence-electron chi connectivity index (χ4n) is 2.56. The lowest BCUT2D eigenvalue weighted by molar-refractivity contribution is 0.0347. The zero-order chi connectivity index (χ0) is 15.2. The Morgan fingerprint density at radius 3 is 2.38 bits per heavy atom. The Balaban J connectivity index is 2.37. The molecule has 0 aliphatic heterocycles. The molecule has 3 heteroatoms. The Hall–Kier alpha value is -1.71. The van der Waals surface area contributed by atoms with Gasteiger partial charge in [0.15, 0.2) is 0 Å². The SMILES string of the molecule is CCOC(c1ccccc1)C(NC)c1ccc(F)c(C)c1. The summed E-state index contributed by atoms with van der Waals surface area (Å²) < 4.78 is 19.4. The van der Waals surface area contributed by atoms with Gasteiger partial charge in [0, 0.05) is 6.61 Å². The maximum Gasteiger partial charge on any atom is 0.126 e. The second kappa shape index (κ2) is 7.34.